The SMILES string of the molecule is Cc1cn(CCC(F)(F)F)c(=O)[nH]c1=O. The third kappa shape index (κ3) is 3.26. The molecular formula is C8H9F3N2O2. The minimum absolute atomic E-state index is 0.205. The topological polar surface area (TPSA) is 54.9 Å². The van der Waals surface area contributed by atoms with Crippen LogP contribution in [0.4, 0.5) is 13.2 Å². The molecule has 7 heteroatoms. The fourth-order valence-corrected chi connectivity index (χ4v) is 1.03. The number of halogens is 3. The van der Waals surface area contributed by atoms with Gasteiger partial charge in [0.1, 0.15) is 0 Å². The first-order chi connectivity index (χ1) is 6.79. The van der Waals surface area contributed by atoms with Crippen molar-refractivity contribution in [1.82, 2.24) is 9.55 Å². The average Bonchev–Trinajstić information content (AvgIpc) is 2.07. The third-order valence-corrected chi connectivity index (χ3v) is 1.83. The number of nitrogens with one attached hydrogen (secondary N) is 1. The van der Waals surface area contributed by atoms with Gasteiger partial charge >= 0.3 is 11.9 Å². The summed E-state index contributed by atoms with van der Waals surface area (Å²) in [5.74, 6) is 0. The fourth-order valence-electron chi connectivity index (χ4n) is 1.03. The number of aromatic nitrogens is 2. The molecule has 0 atom stereocenters. The summed E-state index contributed by atoms with van der Waals surface area (Å²) in [4.78, 5) is 23.9. The van der Waals surface area contributed by atoms with Gasteiger partial charge in [0.25, 0.3) is 5.56 Å². The smallest absolute Gasteiger partial charge is 0.300 e. The zero-order valence-corrected chi connectivity index (χ0v) is 7.89. The van der Waals surface area contributed by atoms with E-state index >= 15 is 0 Å². The van der Waals surface area contributed by atoms with Gasteiger partial charge in [0.15, 0.2) is 0 Å². The van der Waals surface area contributed by atoms with Crippen LogP contribution in [0.3, 0.4) is 0 Å². The number of hydrogen-bond acceptors (Lipinski definition) is 2. The summed E-state index contributed by atoms with van der Waals surface area (Å²) in [6.45, 7) is 0.933. The van der Waals surface area contributed by atoms with Gasteiger partial charge in [0, 0.05) is 18.3 Å². The van der Waals surface area contributed by atoms with Crippen LogP contribution >= 0.6 is 0 Å². The Labute approximate surface area is 82.4 Å². The second kappa shape index (κ2) is 3.92. The van der Waals surface area contributed by atoms with Crippen molar-refractivity contribution in [1.29, 1.82) is 0 Å². The largest absolute Gasteiger partial charge is 0.390 e. The van der Waals surface area contributed by atoms with E-state index in [1.807, 2.05) is 4.98 Å². The van der Waals surface area contributed by atoms with Crippen LogP contribution in [-0.4, -0.2) is 15.7 Å². The summed E-state index contributed by atoms with van der Waals surface area (Å²) in [6, 6.07) is 0. The Bertz CT molecular complexity index is 458. The van der Waals surface area contributed by atoms with Crippen LogP contribution in [0.15, 0.2) is 15.8 Å². The third-order valence-electron chi connectivity index (χ3n) is 1.83. The van der Waals surface area contributed by atoms with Crippen molar-refractivity contribution in [3.05, 3.63) is 32.6 Å². The molecule has 0 bridgehead atoms. The van der Waals surface area contributed by atoms with Crippen LogP contribution in [-0.2, 0) is 6.54 Å². The van der Waals surface area contributed by atoms with Crippen LogP contribution < -0.4 is 11.2 Å². The van der Waals surface area contributed by atoms with Crippen molar-refractivity contribution in [2.24, 2.45) is 0 Å². The van der Waals surface area contributed by atoms with Crippen molar-refractivity contribution in [3.8, 4) is 0 Å². The van der Waals surface area contributed by atoms with Gasteiger partial charge in [0.05, 0.1) is 6.42 Å². The summed E-state index contributed by atoms with van der Waals surface area (Å²) < 4.78 is 36.4. The van der Waals surface area contributed by atoms with Crippen molar-refractivity contribution in [2.45, 2.75) is 26.1 Å². The van der Waals surface area contributed by atoms with Crippen LogP contribution in [0.1, 0.15) is 12.0 Å². The molecule has 1 aromatic rings. The molecule has 0 amide bonds. The quantitative estimate of drug-likeness (QED) is 0.804. The lowest BCUT2D eigenvalue weighted by atomic mass is 10.3. The Morgan fingerprint density at radius 1 is 1.40 bits per heavy atom. The number of aryl methyl sites for hydroxylation is 2. The molecule has 0 aromatic carbocycles. The van der Waals surface area contributed by atoms with Crippen molar-refractivity contribution >= 4 is 0 Å². The Balaban J connectivity index is 2.92. The number of nitrogens with zero attached hydrogens (tertiary/aromatic N) is 1. The molecule has 4 nitrogen and oxygen atoms in total. The highest BCUT2D eigenvalue weighted by Crippen LogP contribution is 2.19. The molecule has 0 radical (unpaired) electrons. The first-order valence-electron chi connectivity index (χ1n) is 4.17. The lowest BCUT2D eigenvalue weighted by Crippen LogP contribution is -2.31. The summed E-state index contributed by atoms with van der Waals surface area (Å²) in [5.41, 5.74) is -1.20. The monoisotopic (exact) mass is 222 g/mol. The first kappa shape index (κ1) is 11.5. The number of rotatable bonds is 2. The summed E-state index contributed by atoms with van der Waals surface area (Å²) in [6.07, 6.45) is -4.30. The minimum atomic E-state index is -4.32. The van der Waals surface area contributed by atoms with Gasteiger partial charge < -0.3 is 0 Å². The second-order valence-electron chi connectivity index (χ2n) is 3.13. The Kier molecular flexibility index (Phi) is 3.01. The van der Waals surface area contributed by atoms with Crippen molar-refractivity contribution in [2.75, 3.05) is 0 Å². The van der Waals surface area contributed by atoms with E-state index in [1.165, 1.54) is 6.92 Å². The normalized spacial score (nSPS) is 11.7. The van der Waals surface area contributed by atoms with Gasteiger partial charge in [-0.3, -0.25) is 14.3 Å². The van der Waals surface area contributed by atoms with Gasteiger partial charge in [-0.2, -0.15) is 13.2 Å². The van der Waals surface area contributed by atoms with Crippen LogP contribution in [0, 0.1) is 6.92 Å². The van der Waals surface area contributed by atoms with E-state index in [9.17, 15) is 22.8 Å². The lowest BCUT2D eigenvalue weighted by molar-refractivity contribution is -0.136. The molecule has 0 aliphatic rings. The van der Waals surface area contributed by atoms with Gasteiger partial charge in [-0.05, 0) is 6.92 Å². The molecule has 0 saturated heterocycles. The maximum atomic E-state index is 11.9. The van der Waals surface area contributed by atoms with Gasteiger partial charge in [-0.25, -0.2) is 4.79 Å². The predicted octanol–water partition coefficient (Wildman–Crippen LogP) is 0.797. The van der Waals surface area contributed by atoms with E-state index in [0.29, 0.717) is 0 Å². The van der Waals surface area contributed by atoms with Crippen LogP contribution in [0.5, 0.6) is 0 Å². The molecule has 0 spiro atoms. The Morgan fingerprint density at radius 3 is 2.53 bits per heavy atom. The number of aromatic amines is 1. The summed E-state index contributed by atoms with van der Waals surface area (Å²) in [7, 11) is 0. The number of H-pyrrole nitrogens is 1. The summed E-state index contributed by atoms with van der Waals surface area (Å²) in [5, 5.41) is 0. The average molecular weight is 222 g/mol. The van der Waals surface area contributed by atoms with E-state index < -0.39 is 30.4 Å². The molecule has 0 unspecified atom stereocenters. The molecule has 84 valence electrons. The molecular weight excluding hydrogens is 213 g/mol. The minimum Gasteiger partial charge on any atom is -0.300 e. The second-order valence-corrected chi connectivity index (χ2v) is 3.13. The number of hydrogen-bond donors (Lipinski definition) is 1. The maximum Gasteiger partial charge on any atom is 0.390 e. The van der Waals surface area contributed by atoms with E-state index in [1.54, 1.807) is 0 Å². The van der Waals surface area contributed by atoms with E-state index in [-0.39, 0.29) is 5.56 Å². The molecule has 0 aliphatic carbocycles. The van der Waals surface area contributed by atoms with E-state index in [0.717, 1.165) is 10.8 Å². The van der Waals surface area contributed by atoms with Crippen LogP contribution in [0.2, 0.25) is 0 Å². The summed E-state index contributed by atoms with van der Waals surface area (Å²) >= 11 is 0. The lowest BCUT2D eigenvalue weighted by Gasteiger charge is -2.08. The zero-order chi connectivity index (χ0) is 11.6. The molecule has 15 heavy (non-hydrogen) atoms. The van der Waals surface area contributed by atoms with E-state index in [4.69, 9.17) is 0 Å². The highest BCUT2D eigenvalue weighted by Gasteiger charge is 2.26. The Morgan fingerprint density at radius 2 is 2.00 bits per heavy atom. The highest BCUT2D eigenvalue weighted by atomic mass is 19.4. The molecule has 0 fully saturated rings. The van der Waals surface area contributed by atoms with Crippen molar-refractivity contribution < 1.29 is 13.2 Å². The number of alkyl halides is 3. The maximum absolute atomic E-state index is 11.9. The van der Waals surface area contributed by atoms with Crippen LogP contribution in [0.25, 0.3) is 0 Å². The molecule has 0 aliphatic heterocycles. The highest BCUT2D eigenvalue weighted by molar-refractivity contribution is 5.00. The first-order valence-corrected chi connectivity index (χ1v) is 4.17. The van der Waals surface area contributed by atoms with E-state index in [2.05, 4.69) is 0 Å². The van der Waals surface area contributed by atoms with Gasteiger partial charge in [-0.1, -0.05) is 0 Å². The molecule has 0 saturated carbocycles. The predicted molar refractivity (Wildman–Crippen MR) is 46.7 cm³/mol. The van der Waals surface area contributed by atoms with Gasteiger partial charge in [0.2, 0.25) is 0 Å². The zero-order valence-electron chi connectivity index (χ0n) is 7.89. The molecule has 1 heterocycles. The molecule has 1 rings (SSSR count). The van der Waals surface area contributed by atoms with Gasteiger partial charge in [-0.15, -0.1) is 0 Å². The van der Waals surface area contributed by atoms with Crippen molar-refractivity contribution in [3.63, 3.8) is 0 Å². The molecule has 1 aromatic heterocycles. The molecule has 1 N–H and O–H groups in total. The standard InChI is InChI=1S/C8H9F3N2O2/c1-5-4-13(3-2-8(9,10)11)7(15)12-6(5)14/h4H,2-3H2,1H3,(H,12,14,15). The fraction of sp³-hybridized carbons (Fsp3) is 0.500. The Hall–Kier alpha value is -1.53.